The van der Waals surface area contributed by atoms with Crippen molar-refractivity contribution in [3.8, 4) is 0 Å². The second-order valence-corrected chi connectivity index (χ2v) is 4.52. The molecule has 0 bridgehead atoms. The highest BCUT2D eigenvalue weighted by Gasteiger charge is 2.28. The van der Waals surface area contributed by atoms with E-state index in [2.05, 4.69) is 14.9 Å². The fraction of sp³-hybridized carbons (Fsp3) is 0.667. The number of carbonyl (C=O) groups excluding carboxylic acids is 1. The van der Waals surface area contributed by atoms with Gasteiger partial charge in [0.1, 0.15) is 16.7 Å². The fourth-order valence-electron chi connectivity index (χ4n) is 1.78. The van der Waals surface area contributed by atoms with E-state index in [0.717, 1.165) is 10.7 Å². The van der Waals surface area contributed by atoms with Gasteiger partial charge in [-0.1, -0.05) is 4.49 Å². The van der Waals surface area contributed by atoms with Crippen LogP contribution in [0.4, 0.5) is 5.00 Å². The average Bonchev–Trinajstić information content (AvgIpc) is 2.77. The van der Waals surface area contributed by atoms with Gasteiger partial charge < -0.3 is 15.8 Å². The molecule has 2 rings (SSSR count). The molecular weight excluding hydrogens is 242 g/mol. The first-order chi connectivity index (χ1) is 8.22. The number of nitrogens with two attached hydrogens (primary N) is 1. The molecule has 0 aliphatic carbocycles. The molecule has 94 valence electrons. The van der Waals surface area contributed by atoms with Crippen molar-refractivity contribution < 1.29 is 9.53 Å². The normalized spacial score (nSPS) is 21.4. The summed E-state index contributed by atoms with van der Waals surface area (Å²) in [6.07, 6.45) is 0. The number of aromatic nitrogens is 2. The molecule has 1 atom stereocenters. The van der Waals surface area contributed by atoms with Gasteiger partial charge in [0, 0.05) is 31.7 Å². The number of anilines is 1. The number of nitrogens with one attached hydrogen (secondary N) is 1. The third-order valence-electron chi connectivity index (χ3n) is 2.70. The average molecular weight is 257 g/mol. The molecule has 1 amide bonds. The summed E-state index contributed by atoms with van der Waals surface area (Å²) in [5.74, 6) is -0.362. The van der Waals surface area contributed by atoms with E-state index in [9.17, 15) is 4.79 Å². The largest absolute Gasteiger partial charge is 0.378 e. The van der Waals surface area contributed by atoms with Crippen LogP contribution in [0.5, 0.6) is 0 Å². The first-order valence-corrected chi connectivity index (χ1v) is 6.09. The number of ether oxygens (including phenoxy) is 1. The van der Waals surface area contributed by atoms with Gasteiger partial charge in [0.05, 0.1) is 13.2 Å². The van der Waals surface area contributed by atoms with E-state index in [4.69, 9.17) is 10.5 Å². The Kier molecular flexibility index (Phi) is 3.87. The summed E-state index contributed by atoms with van der Waals surface area (Å²) in [7, 11) is 1.82. The Balaban J connectivity index is 2.08. The molecule has 7 nitrogen and oxygen atoms in total. The number of hydrogen-bond acceptors (Lipinski definition) is 7. The zero-order valence-electron chi connectivity index (χ0n) is 9.55. The second-order valence-electron chi connectivity index (χ2n) is 3.76. The summed E-state index contributed by atoms with van der Waals surface area (Å²) in [5.41, 5.74) is 6.19. The highest BCUT2D eigenvalue weighted by Crippen LogP contribution is 2.20. The maximum atomic E-state index is 11.3. The van der Waals surface area contributed by atoms with Crippen LogP contribution in [-0.2, 0) is 16.1 Å². The minimum atomic E-state index is -0.379. The summed E-state index contributed by atoms with van der Waals surface area (Å²) >= 11 is 1.30. The van der Waals surface area contributed by atoms with Crippen molar-refractivity contribution in [1.82, 2.24) is 14.5 Å². The van der Waals surface area contributed by atoms with Crippen molar-refractivity contribution in [1.29, 1.82) is 0 Å². The van der Waals surface area contributed by atoms with Gasteiger partial charge in [-0.25, -0.2) is 0 Å². The predicted octanol–water partition coefficient (Wildman–Crippen LogP) is -0.734. The summed E-state index contributed by atoms with van der Waals surface area (Å²) < 4.78 is 9.14. The molecule has 2 heterocycles. The van der Waals surface area contributed by atoms with Crippen LogP contribution >= 0.6 is 11.5 Å². The number of primary amides is 1. The van der Waals surface area contributed by atoms with Crippen molar-refractivity contribution in [3.63, 3.8) is 0 Å². The van der Waals surface area contributed by atoms with E-state index in [0.29, 0.717) is 26.3 Å². The number of carbonyl (C=O) groups is 1. The summed E-state index contributed by atoms with van der Waals surface area (Å²) in [6.45, 7) is 2.19. The quantitative estimate of drug-likeness (QED) is 0.738. The topological polar surface area (TPSA) is 93.4 Å². The lowest BCUT2D eigenvalue weighted by atomic mass is 10.2. The summed E-state index contributed by atoms with van der Waals surface area (Å²) in [5, 5.41) is 7.99. The Labute approximate surface area is 103 Å². The van der Waals surface area contributed by atoms with Crippen molar-refractivity contribution >= 4 is 22.4 Å². The smallest absolute Gasteiger partial charge is 0.237 e. The summed E-state index contributed by atoms with van der Waals surface area (Å²) in [4.78, 5) is 13.3. The molecule has 1 fully saturated rings. The van der Waals surface area contributed by atoms with Crippen LogP contribution in [-0.4, -0.2) is 53.2 Å². The number of morpholine rings is 1. The Morgan fingerprint density at radius 1 is 1.76 bits per heavy atom. The molecule has 1 saturated heterocycles. The Morgan fingerprint density at radius 3 is 3.29 bits per heavy atom. The van der Waals surface area contributed by atoms with Gasteiger partial charge in [-0.2, -0.15) is 0 Å². The highest BCUT2D eigenvalue weighted by molar-refractivity contribution is 7.10. The van der Waals surface area contributed by atoms with E-state index in [1.54, 1.807) is 0 Å². The molecule has 17 heavy (non-hydrogen) atoms. The van der Waals surface area contributed by atoms with Gasteiger partial charge in [0.2, 0.25) is 5.91 Å². The van der Waals surface area contributed by atoms with E-state index < -0.39 is 0 Å². The Bertz CT molecular complexity index is 396. The van der Waals surface area contributed by atoms with Crippen LogP contribution in [0.2, 0.25) is 0 Å². The molecule has 3 N–H and O–H groups in total. The molecule has 1 unspecified atom stereocenters. The van der Waals surface area contributed by atoms with Crippen LogP contribution in [0.25, 0.3) is 0 Å². The fourth-order valence-corrected chi connectivity index (χ4v) is 2.31. The molecule has 1 aromatic rings. The van der Waals surface area contributed by atoms with E-state index in [1.165, 1.54) is 11.5 Å². The van der Waals surface area contributed by atoms with Crippen molar-refractivity contribution in [2.24, 2.45) is 5.73 Å². The number of hydrogen-bond donors (Lipinski definition) is 2. The lowest BCUT2D eigenvalue weighted by Gasteiger charge is -2.32. The van der Waals surface area contributed by atoms with Crippen LogP contribution in [0.15, 0.2) is 0 Å². The number of amides is 1. The van der Waals surface area contributed by atoms with Crippen LogP contribution in [0.1, 0.15) is 5.69 Å². The van der Waals surface area contributed by atoms with Gasteiger partial charge in [-0.05, 0) is 0 Å². The Hall–Kier alpha value is -1.25. The number of rotatable bonds is 4. The van der Waals surface area contributed by atoms with E-state index in [-0.39, 0.29) is 11.9 Å². The molecular formula is C9H15N5O2S. The zero-order chi connectivity index (χ0) is 12.3. The molecule has 0 saturated carbocycles. The maximum absolute atomic E-state index is 11.3. The first-order valence-electron chi connectivity index (χ1n) is 5.32. The van der Waals surface area contributed by atoms with Gasteiger partial charge >= 0.3 is 0 Å². The van der Waals surface area contributed by atoms with Crippen molar-refractivity contribution in [2.75, 3.05) is 32.1 Å². The summed E-state index contributed by atoms with van der Waals surface area (Å²) in [6, 6.07) is -0.379. The standard InChI is InChI=1S/C9H15N5O2S/c1-11-9-6(12-13-17-9)4-14-2-3-16-5-7(14)8(10)15/h7,11H,2-5H2,1H3,(H2,10,15). The van der Waals surface area contributed by atoms with Crippen LogP contribution in [0.3, 0.4) is 0 Å². The van der Waals surface area contributed by atoms with Gasteiger partial charge in [-0.3, -0.25) is 9.69 Å². The molecule has 1 aliphatic heterocycles. The predicted molar refractivity (Wildman–Crippen MR) is 63.7 cm³/mol. The zero-order valence-corrected chi connectivity index (χ0v) is 10.4. The minimum Gasteiger partial charge on any atom is -0.378 e. The lowest BCUT2D eigenvalue weighted by molar-refractivity contribution is -0.129. The third-order valence-corrected chi connectivity index (χ3v) is 3.49. The molecule has 8 heteroatoms. The molecule has 1 aliphatic rings. The third kappa shape index (κ3) is 2.71. The molecule has 0 aromatic carbocycles. The molecule has 0 radical (unpaired) electrons. The van der Waals surface area contributed by atoms with Crippen molar-refractivity contribution in [2.45, 2.75) is 12.6 Å². The van der Waals surface area contributed by atoms with E-state index in [1.807, 2.05) is 11.9 Å². The van der Waals surface area contributed by atoms with Crippen LogP contribution in [0, 0.1) is 0 Å². The van der Waals surface area contributed by atoms with Gasteiger partial charge in [0.25, 0.3) is 0 Å². The monoisotopic (exact) mass is 257 g/mol. The molecule has 0 spiro atoms. The first kappa shape index (κ1) is 12.2. The SMILES string of the molecule is CNc1snnc1CN1CCOCC1C(N)=O. The minimum absolute atomic E-state index is 0.349. The lowest BCUT2D eigenvalue weighted by Crippen LogP contribution is -2.51. The van der Waals surface area contributed by atoms with E-state index >= 15 is 0 Å². The highest BCUT2D eigenvalue weighted by atomic mass is 32.1. The Morgan fingerprint density at radius 2 is 2.59 bits per heavy atom. The van der Waals surface area contributed by atoms with Crippen molar-refractivity contribution in [3.05, 3.63) is 5.69 Å². The van der Waals surface area contributed by atoms with Gasteiger partial charge in [-0.15, -0.1) is 5.10 Å². The second kappa shape index (κ2) is 5.39. The molecule has 1 aromatic heterocycles. The maximum Gasteiger partial charge on any atom is 0.237 e. The van der Waals surface area contributed by atoms with Crippen LogP contribution < -0.4 is 11.1 Å². The van der Waals surface area contributed by atoms with Gasteiger partial charge in [0.15, 0.2) is 0 Å². The number of nitrogens with zero attached hydrogens (tertiary/aromatic N) is 3.